The molecule has 1 atom stereocenters. The Morgan fingerprint density at radius 1 is 1.31 bits per heavy atom. The maximum Gasteiger partial charge on any atom is 0.411 e. The Kier molecular flexibility index (Phi) is 6.23. The van der Waals surface area contributed by atoms with Crippen LogP contribution in [-0.4, -0.2) is 47.4 Å². The molecule has 1 amide bonds. The summed E-state index contributed by atoms with van der Waals surface area (Å²) in [6.45, 7) is 7.90. The fourth-order valence-electron chi connectivity index (χ4n) is 2.60. The Labute approximate surface area is 157 Å². The average molecular weight is 386 g/mol. The van der Waals surface area contributed by atoms with Crippen LogP contribution in [0.4, 0.5) is 4.79 Å². The number of rotatable bonds is 4. The first-order valence-electron chi connectivity index (χ1n) is 8.45. The minimum Gasteiger partial charge on any atom is -0.489 e. The van der Waals surface area contributed by atoms with E-state index in [1.54, 1.807) is 33.8 Å². The van der Waals surface area contributed by atoms with E-state index < -0.39 is 23.7 Å². The van der Waals surface area contributed by atoms with Gasteiger partial charge in [0, 0.05) is 13.0 Å². The van der Waals surface area contributed by atoms with Crippen molar-refractivity contribution in [3.8, 4) is 11.5 Å². The summed E-state index contributed by atoms with van der Waals surface area (Å²) in [5.41, 5.74) is -0.421. The van der Waals surface area contributed by atoms with Gasteiger partial charge in [0.1, 0.15) is 5.60 Å². The Bertz CT molecular complexity index is 685. The molecule has 1 aliphatic rings. The van der Waals surface area contributed by atoms with Crippen LogP contribution in [0.1, 0.15) is 45.7 Å². The zero-order chi connectivity index (χ0) is 19.5. The van der Waals surface area contributed by atoms with Gasteiger partial charge in [-0.15, -0.1) is 0 Å². The van der Waals surface area contributed by atoms with Crippen LogP contribution in [-0.2, 0) is 9.53 Å². The van der Waals surface area contributed by atoms with Crippen LogP contribution in [0.25, 0.3) is 0 Å². The van der Waals surface area contributed by atoms with E-state index in [1.165, 1.54) is 6.07 Å². The summed E-state index contributed by atoms with van der Waals surface area (Å²) < 4.78 is 16.5. The van der Waals surface area contributed by atoms with Crippen LogP contribution in [0.5, 0.6) is 11.5 Å². The lowest BCUT2D eigenvalue weighted by Crippen LogP contribution is -2.42. The highest BCUT2D eigenvalue weighted by molar-refractivity contribution is 6.32. The normalized spacial score (nSPS) is 15.0. The van der Waals surface area contributed by atoms with Crippen molar-refractivity contribution in [2.24, 2.45) is 0 Å². The molecule has 8 heteroatoms. The number of carbonyl (C=O) groups is 2. The van der Waals surface area contributed by atoms with E-state index in [0.29, 0.717) is 36.7 Å². The smallest absolute Gasteiger partial charge is 0.411 e. The van der Waals surface area contributed by atoms with E-state index in [0.717, 1.165) is 4.90 Å². The zero-order valence-electron chi connectivity index (χ0n) is 15.4. The molecule has 7 nitrogen and oxygen atoms in total. The number of likely N-dealkylation sites (N-methyl/N-ethyl adjacent to an activating group) is 1. The highest BCUT2D eigenvalue weighted by atomic mass is 35.5. The Balaban J connectivity index is 2.43. The molecule has 1 N–H and O–H groups in total. The summed E-state index contributed by atoms with van der Waals surface area (Å²) in [6, 6.07) is 1.78. The van der Waals surface area contributed by atoms with Crippen LogP contribution in [0.3, 0.4) is 0 Å². The van der Waals surface area contributed by atoms with Crippen molar-refractivity contribution >= 4 is 23.7 Å². The molecule has 0 saturated carbocycles. The first-order valence-corrected chi connectivity index (χ1v) is 8.83. The van der Waals surface area contributed by atoms with Crippen LogP contribution in [0, 0.1) is 0 Å². The third-order valence-electron chi connectivity index (χ3n) is 3.65. The quantitative estimate of drug-likeness (QED) is 0.846. The number of nitrogens with zero attached hydrogens (tertiary/aromatic N) is 1. The highest BCUT2D eigenvalue weighted by Gasteiger charge is 2.34. The Hall–Kier alpha value is -2.15. The molecule has 0 aliphatic carbocycles. The van der Waals surface area contributed by atoms with Crippen LogP contribution in [0.2, 0.25) is 5.02 Å². The summed E-state index contributed by atoms with van der Waals surface area (Å²) >= 11 is 6.27. The van der Waals surface area contributed by atoms with Crippen molar-refractivity contribution in [2.45, 2.75) is 45.8 Å². The summed E-state index contributed by atoms with van der Waals surface area (Å²) in [5.74, 6) is -0.433. The predicted octanol–water partition coefficient (Wildman–Crippen LogP) is 3.88. The number of carboxylic acid groups (broad SMARTS) is 1. The van der Waals surface area contributed by atoms with Gasteiger partial charge in [0.25, 0.3) is 0 Å². The molecular weight excluding hydrogens is 362 g/mol. The molecule has 1 aromatic rings. The number of hydrogen-bond donors (Lipinski definition) is 1. The highest BCUT2D eigenvalue weighted by Crippen LogP contribution is 2.40. The number of aliphatic carboxylic acids is 1. The molecule has 1 unspecified atom stereocenters. The van der Waals surface area contributed by atoms with Crippen LogP contribution < -0.4 is 9.47 Å². The molecule has 0 bridgehead atoms. The van der Waals surface area contributed by atoms with Gasteiger partial charge in [0.15, 0.2) is 17.5 Å². The number of amides is 1. The van der Waals surface area contributed by atoms with Crippen LogP contribution >= 0.6 is 11.6 Å². The topological polar surface area (TPSA) is 85.3 Å². The SMILES string of the molecule is CCN(C(=O)OC(C)(C)C)C(C(=O)O)c1cc(Cl)c2c(c1)OCCCO2. The number of carboxylic acids is 1. The second-order valence-corrected chi connectivity index (χ2v) is 7.29. The first-order chi connectivity index (χ1) is 12.1. The second-order valence-electron chi connectivity index (χ2n) is 6.89. The third-order valence-corrected chi connectivity index (χ3v) is 3.94. The molecule has 144 valence electrons. The minimum atomic E-state index is -1.26. The number of hydrogen-bond acceptors (Lipinski definition) is 5. The minimum absolute atomic E-state index is 0.151. The van der Waals surface area contributed by atoms with Crippen molar-refractivity contribution in [3.05, 3.63) is 22.7 Å². The number of ether oxygens (including phenoxy) is 3. The molecule has 0 radical (unpaired) electrons. The third kappa shape index (κ3) is 4.72. The van der Waals surface area contributed by atoms with Gasteiger partial charge in [-0.1, -0.05) is 11.6 Å². The van der Waals surface area contributed by atoms with E-state index in [2.05, 4.69) is 0 Å². The van der Waals surface area contributed by atoms with Crippen molar-refractivity contribution < 1.29 is 28.9 Å². The predicted molar refractivity (Wildman–Crippen MR) is 96.0 cm³/mol. The van der Waals surface area contributed by atoms with Gasteiger partial charge in [-0.3, -0.25) is 4.90 Å². The van der Waals surface area contributed by atoms with Gasteiger partial charge < -0.3 is 19.3 Å². The van der Waals surface area contributed by atoms with Gasteiger partial charge in [0.05, 0.1) is 18.2 Å². The fraction of sp³-hybridized carbons (Fsp3) is 0.556. The van der Waals surface area contributed by atoms with Gasteiger partial charge in [-0.2, -0.15) is 0 Å². The Morgan fingerprint density at radius 2 is 1.96 bits per heavy atom. The van der Waals surface area contributed by atoms with Gasteiger partial charge >= 0.3 is 12.1 Å². The molecule has 0 aromatic heterocycles. The Morgan fingerprint density at radius 3 is 2.54 bits per heavy atom. The molecule has 0 spiro atoms. The average Bonchev–Trinajstić information content (AvgIpc) is 2.75. The standard InChI is InChI=1S/C18H24ClNO6/c1-5-20(17(23)26-18(2,3)4)14(16(21)22)11-9-12(19)15-13(10-11)24-7-6-8-25-15/h9-10,14H,5-8H2,1-4H3,(H,21,22). The second kappa shape index (κ2) is 8.03. The van der Waals surface area contributed by atoms with Crippen molar-refractivity contribution in [3.63, 3.8) is 0 Å². The van der Waals surface area contributed by atoms with Crippen molar-refractivity contribution in [2.75, 3.05) is 19.8 Å². The maximum absolute atomic E-state index is 12.5. The largest absolute Gasteiger partial charge is 0.489 e. The molecule has 2 rings (SSSR count). The number of carbonyl (C=O) groups excluding carboxylic acids is 1. The van der Waals surface area contributed by atoms with E-state index in [9.17, 15) is 14.7 Å². The summed E-state index contributed by atoms with van der Waals surface area (Å²) in [7, 11) is 0. The molecule has 0 fully saturated rings. The van der Waals surface area contributed by atoms with Gasteiger partial charge in [-0.25, -0.2) is 9.59 Å². The van der Waals surface area contributed by atoms with Crippen LogP contribution in [0.15, 0.2) is 12.1 Å². The fourth-order valence-corrected chi connectivity index (χ4v) is 2.88. The molecule has 1 aliphatic heterocycles. The lowest BCUT2D eigenvalue weighted by atomic mass is 10.0. The number of benzene rings is 1. The molecule has 26 heavy (non-hydrogen) atoms. The van der Waals surface area contributed by atoms with Gasteiger partial charge in [0.2, 0.25) is 0 Å². The molecular formula is C18H24ClNO6. The zero-order valence-corrected chi connectivity index (χ0v) is 16.1. The maximum atomic E-state index is 12.5. The van der Waals surface area contributed by atoms with Gasteiger partial charge in [-0.05, 0) is 45.4 Å². The molecule has 1 heterocycles. The molecule has 0 saturated heterocycles. The van der Waals surface area contributed by atoms with Crippen molar-refractivity contribution in [1.29, 1.82) is 0 Å². The molecule has 1 aromatic carbocycles. The number of halogens is 1. The first kappa shape index (κ1) is 20.2. The van der Waals surface area contributed by atoms with E-state index in [1.807, 2.05) is 0 Å². The monoisotopic (exact) mass is 385 g/mol. The van der Waals surface area contributed by atoms with E-state index in [4.69, 9.17) is 25.8 Å². The lowest BCUT2D eigenvalue weighted by molar-refractivity contribution is -0.143. The summed E-state index contributed by atoms with van der Waals surface area (Å²) in [5, 5.41) is 10.0. The van der Waals surface area contributed by atoms with Crippen molar-refractivity contribution in [1.82, 2.24) is 4.90 Å². The lowest BCUT2D eigenvalue weighted by Gasteiger charge is -2.31. The summed E-state index contributed by atoms with van der Waals surface area (Å²) in [6.07, 6.45) is -0.0163. The van der Waals surface area contributed by atoms with E-state index >= 15 is 0 Å². The number of fused-ring (bicyclic) bond motifs is 1. The van der Waals surface area contributed by atoms with E-state index in [-0.39, 0.29) is 11.6 Å². The summed E-state index contributed by atoms with van der Waals surface area (Å²) in [4.78, 5) is 25.6.